The number of unbranched alkanes of at least 4 members (excludes halogenated alkanes) is 12. The fraction of sp³-hybridized carbons (Fsp3) is 0.947. The lowest BCUT2D eigenvalue weighted by Gasteiger charge is -2.15. The average molecular weight is 331 g/mol. The molecular formula is C19H38O4. The van der Waals surface area contributed by atoms with Gasteiger partial charge in [-0.05, 0) is 6.42 Å². The Bertz CT molecular complexity index is 268. The molecule has 0 saturated carbocycles. The molecule has 23 heavy (non-hydrogen) atoms. The molecule has 2 atom stereocenters. The second-order valence-corrected chi connectivity index (χ2v) is 6.57. The van der Waals surface area contributed by atoms with Gasteiger partial charge in [-0.1, -0.05) is 90.4 Å². The van der Waals surface area contributed by atoms with Crippen molar-refractivity contribution >= 4 is 5.97 Å². The molecule has 0 aromatic heterocycles. The molecule has 0 rings (SSSR count). The van der Waals surface area contributed by atoms with Gasteiger partial charge in [0.15, 0.2) is 6.10 Å². The molecule has 0 bridgehead atoms. The maximum absolute atomic E-state index is 11.1. The summed E-state index contributed by atoms with van der Waals surface area (Å²) in [5.74, 6) is -0.757. The highest BCUT2D eigenvalue weighted by atomic mass is 16.5. The Kier molecular flexibility index (Phi) is 15.8. The van der Waals surface area contributed by atoms with E-state index in [2.05, 4.69) is 11.7 Å². The van der Waals surface area contributed by atoms with Gasteiger partial charge in [-0.2, -0.15) is 0 Å². The van der Waals surface area contributed by atoms with Gasteiger partial charge < -0.3 is 14.9 Å². The summed E-state index contributed by atoms with van der Waals surface area (Å²) in [5.41, 5.74) is 0. The number of rotatable bonds is 16. The first-order chi connectivity index (χ1) is 11.1. The number of carbonyl (C=O) groups excluding carboxylic acids is 1. The minimum atomic E-state index is -1.41. The quantitative estimate of drug-likeness (QED) is 0.326. The molecule has 2 N–H and O–H groups in total. The van der Waals surface area contributed by atoms with Gasteiger partial charge in [0.2, 0.25) is 0 Å². The lowest BCUT2D eigenvalue weighted by atomic mass is 10.0. The molecule has 0 radical (unpaired) electrons. The number of aliphatic hydroxyl groups excluding tert-OH is 2. The zero-order chi connectivity index (χ0) is 17.3. The van der Waals surface area contributed by atoms with Gasteiger partial charge in [-0.15, -0.1) is 0 Å². The van der Waals surface area contributed by atoms with Crippen molar-refractivity contribution in [1.82, 2.24) is 0 Å². The van der Waals surface area contributed by atoms with Gasteiger partial charge in [-0.25, -0.2) is 4.79 Å². The Hall–Kier alpha value is -0.610. The van der Waals surface area contributed by atoms with Crippen molar-refractivity contribution in [2.24, 2.45) is 0 Å². The van der Waals surface area contributed by atoms with Crippen LogP contribution in [0, 0.1) is 0 Å². The summed E-state index contributed by atoms with van der Waals surface area (Å²) in [7, 11) is 1.21. The van der Waals surface area contributed by atoms with Crippen LogP contribution in [-0.4, -0.2) is 35.5 Å². The zero-order valence-electron chi connectivity index (χ0n) is 15.3. The van der Waals surface area contributed by atoms with E-state index in [0.717, 1.165) is 19.3 Å². The highest BCUT2D eigenvalue weighted by Crippen LogP contribution is 2.14. The maximum atomic E-state index is 11.1. The number of esters is 1. The molecule has 0 amide bonds. The van der Waals surface area contributed by atoms with E-state index in [1.165, 1.54) is 71.3 Å². The summed E-state index contributed by atoms with van der Waals surface area (Å²) in [6.45, 7) is 2.25. The Balaban J connectivity index is 3.26. The lowest BCUT2D eigenvalue weighted by Crippen LogP contribution is -2.34. The third-order valence-electron chi connectivity index (χ3n) is 4.41. The number of hydrogen-bond donors (Lipinski definition) is 2. The second-order valence-electron chi connectivity index (χ2n) is 6.57. The van der Waals surface area contributed by atoms with Crippen LogP contribution in [0.5, 0.6) is 0 Å². The average Bonchev–Trinajstić information content (AvgIpc) is 2.57. The Morgan fingerprint density at radius 2 is 1.17 bits per heavy atom. The molecule has 138 valence electrons. The predicted molar refractivity (Wildman–Crippen MR) is 94.3 cm³/mol. The molecule has 0 aliphatic heterocycles. The van der Waals surface area contributed by atoms with Gasteiger partial charge >= 0.3 is 5.97 Å². The summed E-state index contributed by atoms with van der Waals surface area (Å²) in [5, 5.41) is 19.1. The van der Waals surface area contributed by atoms with Crippen molar-refractivity contribution < 1.29 is 19.7 Å². The summed E-state index contributed by atoms with van der Waals surface area (Å²) < 4.78 is 4.40. The first-order valence-corrected chi connectivity index (χ1v) is 9.57. The molecule has 0 aromatic carbocycles. The molecule has 0 aromatic rings. The van der Waals surface area contributed by atoms with Crippen molar-refractivity contribution in [3.63, 3.8) is 0 Å². The SMILES string of the molecule is CCCCCCCCCCCCCCC[C@H](O)[C@H](O)C(=O)OC. The molecule has 0 unspecified atom stereocenters. The minimum Gasteiger partial charge on any atom is -0.467 e. The van der Waals surface area contributed by atoms with Crippen LogP contribution in [0.2, 0.25) is 0 Å². The Labute approximate surface area is 142 Å². The number of carbonyl (C=O) groups is 1. The number of ether oxygens (including phenoxy) is 1. The van der Waals surface area contributed by atoms with E-state index < -0.39 is 18.2 Å². The van der Waals surface area contributed by atoms with Gasteiger partial charge in [0, 0.05) is 0 Å². The maximum Gasteiger partial charge on any atom is 0.337 e. The van der Waals surface area contributed by atoms with Crippen LogP contribution in [-0.2, 0) is 9.53 Å². The van der Waals surface area contributed by atoms with Crippen molar-refractivity contribution in [2.45, 2.75) is 109 Å². The second kappa shape index (κ2) is 16.3. The van der Waals surface area contributed by atoms with E-state index in [-0.39, 0.29) is 0 Å². The van der Waals surface area contributed by atoms with Crippen molar-refractivity contribution in [3.8, 4) is 0 Å². The normalized spacial score (nSPS) is 13.7. The van der Waals surface area contributed by atoms with Crippen LogP contribution in [0.1, 0.15) is 96.8 Å². The molecule has 0 saturated heterocycles. The molecule has 0 fully saturated rings. The first kappa shape index (κ1) is 22.4. The van der Waals surface area contributed by atoms with Gasteiger partial charge in [-0.3, -0.25) is 0 Å². The van der Waals surface area contributed by atoms with Crippen molar-refractivity contribution in [2.75, 3.05) is 7.11 Å². The summed E-state index contributed by atoms with van der Waals surface area (Å²) in [6, 6.07) is 0. The number of aliphatic hydroxyl groups is 2. The summed E-state index contributed by atoms with van der Waals surface area (Å²) >= 11 is 0. The molecule has 0 heterocycles. The van der Waals surface area contributed by atoms with Crippen LogP contribution >= 0.6 is 0 Å². The molecule has 4 heteroatoms. The van der Waals surface area contributed by atoms with E-state index in [1.54, 1.807) is 0 Å². The molecule has 0 spiro atoms. The predicted octanol–water partition coefficient (Wildman–Crippen LogP) is 4.36. The van der Waals surface area contributed by atoms with Crippen LogP contribution < -0.4 is 0 Å². The topological polar surface area (TPSA) is 66.8 Å². The smallest absolute Gasteiger partial charge is 0.337 e. The van der Waals surface area contributed by atoms with Gasteiger partial charge in [0.1, 0.15) is 0 Å². The largest absolute Gasteiger partial charge is 0.467 e. The van der Waals surface area contributed by atoms with Crippen LogP contribution in [0.3, 0.4) is 0 Å². The van der Waals surface area contributed by atoms with Crippen molar-refractivity contribution in [1.29, 1.82) is 0 Å². The monoisotopic (exact) mass is 330 g/mol. The third kappa shape index (κ3) is 13.5. The molecular weight excluding hydrogens is 292 g/mol. The highest BCUT2D eigenvalue weighted by molar-refractivity contribution is 5.74. The van der Waals surface area contributed by atoms with Crippen LogP contribution in [0.25, 0.3) is 0 Å². The van der Waals surface area contributed by atoms with E-state index in [4.69, 9.17) is 0 Å². The molecule has 0 aliphatic carbocycles. The van der Waals surface area contributed by atoms with Gasteiger partial charge in [0.05, 0.1) is 13.2 Å². The Morgan fingerprint density at radius 1 is 0.783 bits per heavy atom. The zero-order valence-corrected chi connectivity index (χ0v) is 15.3. The number of hydrogen-bond acceptors (Lipinski definition) is 4. The fourth-order valence-corrected chi connectivity index (χ4v) is 2.81. The third-order valence-corrected chi connectivity index (χ3v) is 4.41. The standard InChI is InChI=1S/C19H38O4/c1-3-4-5-6-7-8-9-10-11-12-13-14-15-16-17(20)18(21)19(22)23-2/h17-18,20-21H,3-16H2,1-2H3/t17-,18-/m0/s1. The molecule has 0 aliphatic rings. The summed E-state index contributed by atoms with van der Waals surface area (Å²) in [6.07, 6.45) is 14.6. The van der Waals surface area contributed by atoms with E-state index in [1.807, 2.05) is 0 Å². The highest BCUT2D eigenvalue weighted by Gasteiger charge is 2.24. The number of methoxy groups -OCH3 is 1. The molecule has 4 nitrogen and oxygen atoms in total. The Morgan fingerprint density at radius 3 is 1.57 bits per heavy atom. The minimum absolute atomic E-state index is 0.452. The van der Waals surface area contributed by atoms with E-state index in [0.29, 0.717) is 6.42 Å². The van der Waals surface area contributed by atoms with Crippen LogP contribution in [0.4, 0.5) is 0 Å². The first-order valence-electron chi connectivity index (χ1n) is 9.57. The van der Waals surface area contributed by atoms with Crippen molar-refractivity contribution in [3.05, 3.63) is 0 Å². The fourth-order valence-electron chi connectivity index (χ4n) is 2.81. The van der Waals surface area contributed by atoms with Crippen LogP contribution in [0.15, 0.2) is 0 Å². The van der Waals surface area contributed by atoms with E-state index >= 15 is 0 Å². The lowest BCUT2D eigenvalue weighted by molar-refractivity contribution is -0.156. The summed E-state index contributed by atoms with van der Waals surface area (Å²) in [4.78, 5) is 11.1. The van der Waals surface area contributed by atoms with E-state index in [9.17, 15) is 15.0 Å². The van der Waals surface area contributed by atoms with Gasteiger partial charge in [0.25, 0.3) is 0 Å².